The molecular formula is C22H28N2O5. The highest BCUT2D eigenvalue weighted by Gasteiger charge is 2.28. The highest BCUT2D eigenvalue weighted by molar-refractivity contribution is 5.43. The first-order valence-electron chi connectivity index (χ1n) is 10.1. The van der Waals surface area contributed by atoms with Gasteiger partial charge in [-0.2, -0.15) is 0 Å². The number of hydrogen-bond donors (Lipinski definition) is 0. The summed E-state index contributed by atoms with van der Waals surface area (Å²) in [6, 6.07) is 13.2. The molecule has 0 aromatic heterocycles. The van der Waals surface area contributed by atoms with Crippen molar-refractivity contribution in [3.8, 4) is 0 Å². The largest absolute Gasteiger partial charge is 0.365 e. The Labute approximate surface area is 171 Å². The number of benzene rings is 2. The van der Waals surface area contributed by atoms with Crippen molar-refractivity contribution in [2.45, 2.75) is 64.6 Å². The van der Waals surface area contributed by atoms with Gasteiger partial charge in [-0.05, 0) is 25.0 Å². The van der Waals surface area contributed by atoms with Crippen LogP contribution in [-0.4, -0.2) is 9.85 Å². The van der Waals surface area contributed by atoms with Crippen molar-refractivity contribution < 1.29 is 14.6 Å². The summed E-state index contributed by atoms with van der Waals surface area (Å²) in [4.78, 5) is 22.3. The summed E-state index contributed by atoms with van der Waals surface area (Å²) in [6.07, 6.45) is 3.76. The number of rotatable bonds is 12. The zero-order chi connectivity index (χ0) is 21.2. The number of nitro groups is 2. The van der Waals surface area contributed by atoms with Crippen molar-refractivity contribution >= 4 is 11.4 Å². The molecule has 0 saturated heterocycles. The molecule has 2 atom stereocenters. The van der Waals surface area contributed by atoms with Crippen LogP contribution in [0.5, 0.6) is 0 Å². The first-order chi connectivity index (χ1) is 14.0. The Morgan fingerprint density at radius 2 is 1.14 bits per heavy atom. The van der Waals surface area contributed by atoms with E-state index < -0.39 is 22.1 Å². The molecule has 7 heteroatoms. The van der Waals surface area contributed by atoms with Crippen LogP contribution in [0.3, 0.4) is 0 Å². The second kappa shape index (κ2) is 11.3. The third kappa shape index (κ3) is 6.09. The Balaban J connectivity index is 2.44. The minimum Gasteiger partial charge on any atom is -0.365 e. The predicted molar refractivity (Wildman–Crippen MR) is 112 cm³/mol. The molecule has 0 fully saturated rings. The number of unbranched alkanes of at least 4 members (excludes halogenated alkanes) is 2. The lowest BCUT2D eigenvalue weighted by molar-refractivity contribution is -0.387. The van der Waals surface area contributed by atoms with E-state index in [0.717, 1.165) is 25.7 Å². The average molecular weight is 400 g/mol. The summed E-state index contributed by atoms with van der Waals surface area (Å²) >= 11 is 0. The molecule has 0 N–H and O–H groups in total. The van der Waals surface area contributed by atoms with Crippen molar-refractivity contribution in [1.82, 2.24) is 0 Å². The Hall–Kier alpha value is -2.80. The Kier molecular flexibility index (Phi) is 8.73. The molecule has 2 aromatic carbocycles. The van der Waals surface area contributed by atoms with E-state index in [1.54, 1.807) is 36.4 Å². The van der Waals surface area contributed by atoms with Gasteiger partial charge < -0.3 is 4.74 Å². The summed E-state index contributed by atoms with van der Waals surface area (Å²) in [5.74, 6) is 0. The fourth-order valence-corrected chi connectivity index (χ4v) is 3.42. The van der Waals surface area contributed by atoms with Gasteiger partial charge in [0.2, 0.25) is 0 Å². The lowest BCUT2D eigenvalue weighted by Crippen LogP contribution is -2.14. The maximum Gasteiger partial charge on any atom is 0.275 e. The summed E-state index contributed by atoms with van der Waals surface area (Å²) in [5.41, 5.74) is 1.08. The predicted octanol–water partition coefficient (Wildman–Crippen LogP) is 6.68. The summed E-state index contributed by atoms with van der Waals surface area (Å²) in [5, 5.41) is 23.1. The molecule has 7 nitrogen and oxygen atoms in total. The van der Waals surface area contributed by atoms with Crippen LogP contribution < -0.4 is 0 Å². The monoisotopic (exact) mass is 400 g/mol. The van der Waals surface area contributed by atoms with E-state index >= 15 is 0 Å². The molecule has 29 heavy (non-hydrogen) atoms. The zero-order valence-corrected chi connectivity index (χ0v) is 17.0. The SMILES string of the molecule is CCCCC(OC(CCCC)c1ccccc1[N+](=O)[O-])c1ccccc1[N+](=O)[O-]. The maximum absolute atomic E-state index is 11.5. The van der Waals surface area contributed by atoms with Crippen LogP contribution in [0.2, 0.25) is 0 Å². The van der Waals surface area contributed by atoms with Gasteiger partial charge in [0.15, 0.2) is 0 Å². The molecule has 0 amide bonds. The molecule has 0 aliphatic heterocycles. The summed E-state index contributed by atoms with van der Waals surface area (Å²) in [6.45, 7) is 4.10. The molecule has 0 heterocycles. The zero-order valence-electron chi connectivity index (χ0n) is 17.0. The number of nitrogens with zero attached hydrogens (tertiary/aromatic N) is 2. The standard InChI is InChI=1S/C22H28N2O5/c1-3-5-15-21(17-11-7-9-13-19(17)23(25)26)29-22(16-6-4-2)18-12-8-10-14-20(18)24(27)28/h7-14,21-22H,3-6,15-16H2,1-2H3. The third-order valence-electron chi connectivity index (χ3n) is 4.93. The lowest BCUT2D eigenvalue weighted by Gasteiger charge is -2.25. The molecule has 156 valence electrons. The van der Waals surface area contributed by atoms with Gasteiger partial charge in [0.05, 0.1) is 33.2 Å². The Morgan fingerprint density at radius 3 is 1.48 bits per heavy atom. The van der Waals surface area contributed by atoms with Crippen LogP contribution >= 0.6 is 0 Å². The number of para-hydroxylation sites is 2. The fourth-order valence-electron chi connectivity index (χ4n) is 3.42. The average Bonchev–Trinajstić information content (AvgIpc) is 2.73. The first-order valence-corrected chi connectivity index (χ1v) is 10.1. The van der Waals surface area contributed by atoms with Crippen molar-refractivity contribution in [2.24, 2.45) is 0 Å². The molecule has 0 spiro atoms. The van der Waals surface area contributed by atoms with Crippen molar-refractivity contribution in [3.63, 3.8) is 0 Å². The molecule has 0 aliphatic carbocycles. The molecule has 2 rings (SSSR count). The van der Waals surface area contributed by atoms with Crippen LogP contribution in [0, 0.1) is 20.2 Å². The summed E-state index contributed by atoms with van der Waals surface area (Å²) in [7, 11) is 0. The van der Waals surface area contributed by atoms with Crippen molar-refractivity contribution in [2.75, 3.05) is 0 Å². The van der Waals surface area contributed by atoms with E-state index in [4.69, 9.17) is 4.74 Å². The fraction of sp³-hybridized carbons (Fsp3) is 0.455. The highest BCUT2D eigenvalue weighted by atomic mass is 16.6. The van der Waals surface area contributed by atoms with Gasteiger partial charge in [-0.1, -0.05) is 63.8 Å². The first kappa shape index (κ1) is 22.5. The van der Waals surface area contributed by atoms with Gasteiger partial charge in [-0.3, -0.25) is 20.2 Å². The lowest BCUT2D eigenvalue weighted by atomic mass is 9.98. The van der Waals surface area contributed by atoms with Gasteiger partial charge in [-0.15, -0.1) is 0 Å². The van der Waals surface area contributed by atoms with Crippen LogP contribution in [-0.2, 0) is 4.74 Å². The van der Waals surface area contributed by atoms with Crippen molar-refractivity contribution in [3.05, 3.63) is 79.9 Å². The van der Waals surface area contributed by atoms with Crippen LogP contribution in [0.25, 0.3) is 0 Å². The van der Waals surface area contributed by atoms with Crippen molar-refractivity contribution in [1.29, 1.82) is 0 Å². The van der Waals surface area contributed by atoms with Gasteiger partial charge in [0.25, 0.3) is 11.4 Å². The van der Waals surface area contributed by atoms with Crippen LogP contribution in [0.15, 0.2) is 48.5 Å². The smallest absolute Gasteiger partial charge is 0.275 e. The van der Waals surface area contributed by atoms with Gasteiger partial charge >= 0.3 is 0 Å². The second-order valence-corrected chi connectivity index (χ2v) is 7.03. The van der Waals surface area contributed by atoms with Gasteiger partial charge in [0.1, 0.15) is 0 Å². The van der Waals surface area contributed by atoms with E-state index in [-0.39, 0.29) is 11.4 Å². The minimum absolute atomic E-state index is 0.0189. The normalized spacial score (nSPS) is 13.0. The molecule has 0 bridgehead atoms. The van der Waals surface area contributed by atoms with E-state index in [0.29, 0.717) is 24.0 Å². The maximum atomic E-state index is 11.5. The highest BCUT2D eigenvalue weighted by Crippen LogP contribution is 2.39. The summed E-state index contributed by atoms with van der Waals surface area (Å²) < 4.78 is 6.40. The number of nitro benzene ring substituents is 2. The van der Waals surface area contributed by atoms with Gasteiger partial charge in [0, 0.05) is 12.1 Å². The molecule has 0 aliphatic rings. The van der Waals surface area contributed by atoms with E-state index in [1.165, 1.54) is 12.1 Å². The molecular weight excluding hydrogens is 372 g/mol. The molecule has 0 saturated carbocycles. The quantitative estimate of drug-likeness (QED) is 0.292. The number of ether oxygens (including phenoxy) is 1. The molecule has 2 unspecified atom stereocenters. The topological polar surface area (TPSA) is 95.5 Å². The van der Waals surface area contributed by atoms with Crippen LogP contribution in [0.4, 0.5) is 11.4 Å². The third-order valence-corrected chi connectivity index (χ3v) is 4.93. The van der Waals surface area contributed by atoms with E-state index in [1.807, 2.05) is 13.8 Å². The Bertz CT molecular complexity index is 757. The number of hydrogen-bond acceptors (Lipinski definition) is 5. The van der Waals surface area contributed by atoms with Crippen LogP contribution in [0.1, 0.15) is 75.7 Å². The molecule has 0 radical (unpaired) electrons. The molecule has 2 aromatic rings. The van der Waals surface area contributed by atoms with E-state index in [2.05, 4.69) is 0 Å². The Morgan fingerprint density at radius 1 is 0.759 bits per heavy atom. The van der Waals surface area contributed by atoms with E-state index in [9.17, 15) is 20.2 Å². The minimum atomic E-state index is -0.502. The second-order valence-electron chi connectivity index (χ2n) is 7.03. The van der Waals surface area contributed by atoms with Gasteiger partial charge in [-0.25, -0.2) is 0 Å².